The Morgan fingerprint density at radius 1 is 0.882 bits per heavy atom. The second-order valence-corrected chi connectivity index (χ2v) is 7.35. The first-order chi connectivity index (χ1) is 7.59. The van der Waals surface area contributed by atoms with Gasteiger partial charge in [-0.05, 0) is 28.5 Å². The summed E-state index contributed by atoms with van der Waals surface area (Å²) in [6.45, 7) is 13.4. The molecule has 0 aliphatic carbocycles. The summed E-state index contributed by atoms with van der Waals surface area (Å²) >= 11 is 3.68. The molecule has 0 N–H and O–H groups in total. The van der Waals surface area contributed by atoms with E-state index in [2.05, 4.69) is 63.5 Å². The molecule has 0 bridgehead atoms. The van der Waals surface area contributed by atoms with E-state index in [4.69, 9.17) is 4.74 Å². The molecule has 1 nitrogen and oxygen atoms in total. The standard InChI is InChI=1S/C15H23BrO/c1-14(2,3)12-10(16)8-9-11(17-7)13(12)15(4,5)6/h8-9H,1-7H3. The molecule has 0 unspecified atom stereocenters. The number of hydrogen-bond donors (Lipinski definition) is 0. The van der Waals surface area contributed by atoms with Gasteiger partial charge in [0.25, 0.3) is 0 Å². The van der Waals surface area contributed by atoms with Crippen LogP contribution in [0.2, 0.25) is 0 Å². The maximum Gasteiger partial charge on any atom is 0.122 e. The monoisotopic (exact) mass is 298 g/mol. The second-order valence-electron chi connectivity index (χ2n) is 6.50. The lowest BCUT2D eigenvalue weighted by molar-refractivity contribution is 0.391. The summed E-state index contributed by atoms with van der Waals surface area (Å²) in [4.78, 5) is 0. The lowest BCUT2D eigenvalue weighted by Gasteiger charge is -2.32. The van der Waals surface area contributed by atoms with Crippen molar-refractivity contribution in [3.63, 3.8) is 0 Å². The van der Waals surface area contributed by atoms with Crippen LogP contribution in [0.3, 0.4) is 0 Å². The molecule has 0 aliphatic rings. The summed E-state index contributed by atoms with van der Waals surface area (Å²) in [5, 5.41) is 0. The number of halogens is 1. The molecule has 0 aromatic heterocycles. The summed E-state index contributed by atoms with van der Waals surface area (Å²) < 4.78 is 6.70. The third-order valence-electron chi connectivity index (χ3n) is 2.84. The Morgan fingerprint density at radius 3 is 1.71 bits per heavy atom. The fourth-order valence-corrected chi connectivity index (χ4v) is 3.13. The molecule has 1 rings (SSSR count). The summed E-state index contributed by atoms with van der Waals surface area (Å²) in [6.07, 6.45) is 0. The van der Waals surface area contributed by atoms with Crippen LogP contribution in [0.15, 0.2) is 16.6 Å². The van der Waals surface area contributed by atoms with Crippen molar-refractivity contribution in [1.29, 1.82) is 0 Å². The van der Waals surface area contributed by atoms with Crippen molar-refractivity contribution in [3.05, 3.63) is 27.7 Å². The van der Waals surface area contributed by atoms with Gasteiger partial charge in [0.05, 0.1) is 7.11 Å². The average Bonchev–Trinajstić information content (AvgIpc) is 2.13. The molecule has 0 saturated heterocycles. The van der Waals surface area contributed by atoms with Gasteiger partial charge >= 0.3 is 0 Å². The van der Waals surface area contributed by atoms with Crippen molar-refractivity contribution in [2.75, 3.05) is 7.11 Å². The third kappa shape index (κ3) is 3.04. The van der Waals surface area contributed by atoms with Crippen molar-refractivity contribution in [2.24, 2.45) is 0 Å². The van der Waals surface area contributed by atoms with Gasteiger partial charge in [-0.15, -0.1) is 0 Å². The first-order valence-corrected chi connectivity index (χ1v) is 6.76. The largest absolute Gasteiger partial charge is 0.496 e. The highest BCUT2D eigenvalue weighted by atomic mass is 79.9. The van der Waals surface area contributed by atoms with Crippen molar-refractivity contribution >= 4 is 15.9 Å². The van der Waals surface area contributed by atoms with E-state index >= 15 is 0 Å². The quantitative estimate of drug-likeness (QED) is 0.705. The first-order valence-electron chi connectivity index (χ1n) is 5.96. The Balaban J connectivity index is 3.67. The minimum atomic E-state index is 0.0672. The second kappa shape index (κ2) is 4.64. The van der Waals surface area contributed by atoms with Gasteiger partial charge in [-0.2, -0.15) is 0 Å². The van der Waals surface area contributed by atoms with Gasteiger partial charge in [0.2, 0.25) is 0 Å². The molecule has 2 heteroatoms. The molecule has 0 spiro atoms. The van der Waals surface area contributed by atoms with E-state index in [1.54, 1.807) is 7.11 Å². The van der Waals surface area contributed by atoms with Gasteiger partial charge in [-0.25, -0.2) is 0 Å². The maximum absolute atomic E-state index is 5.54. The Kier molecular flexibility index (Phi) is 3.97. The zero-order valence-electron chi connectivity index (χ0n) is 11.9. The molecule has 96 valence electrons. The van der Waals surface area contributed by atoms with Crippen LogP contribution in [0.4, 0.5) is 0 Å². The van der Waals surface area contributed by atoms with Gasteiger partial charge in [0.15, 0.2) is 0 Å². The molecule has 17 heavy (non-hydrogen) atoms. The Labute approximate surface area is 114 Å². The molecule has 0 atom stereocenters. The van der Waals surface area contributed by atoms with Crippen LogP contribution >= 0.6 is 15.9 Å². The fourth-order valence-electron chi connectivity index (χ4n) is 2.21. The Hall–Kier alpha value is -0.500. The number of rotatable bonds is 1. The normalized spacial score (nSPS) is 12.7. The predicted octanol–water partition coefficient (Wildman–Crippen LogP) is 5.05. The summed E-state index contributed by atoms with van der Waals surface area (Å²) in [6, 6.07) is 4.12. The zero-order chi connectivity index (χ0) is 13.4. The highest BCUT2D eigenvalue weighted by Crippen LogP contribution is 2.43. The molecule has 0 radical (unpaired) electrons. The molecule has 0 heterocycles. The highest BCUT2D eigenvalue weighted by Gasteiger charge is 2.30. The van der Waals surface area contributed by atoms with E-state index in [0.29, 0.717) is 0 Å². The molecular weight excluding hydrogens is 276 g/mol. The lowest BCUT2D eigenvalue weighted by Crippen LogP contribution is -2.23. The van der Waals surface area contributed by atoms with Crippen molar-refractivity contribution in [2.45, 2.75) is 52.4 Å². The smallest absolute Gasteiger partial charge is 0.122 e. The van der Waals surface area contributed by atoms with Crippen LogP contribution < -0.4 is 4.74 Å². The number of methoxy groups -OCH3 is 1. The number of benzene rings is 1. The first kappa shape index (κ1) is 14.6. The Morgan fingerprint density at radius 2 is 1.35 bits per heavy atom. The van der Waals surface area contributed by atoms with Crippen molar-refractivity contribution < 1.29 is 4.74 Å². The molecular formula is C15H23BrO. The summed E-state index contributed by atoms with van der Waals surface area (Å²) in [5.41, 5.74) is 2.79. The van der Waals surface area contributed by atoms with Crippen LogP contribution in [0.1, 0.15) is 52.7 Å². The van der Waals surface area contributed by atoms with Gasteiger partial charge in [-0.3, -0.25) is 0 Å². The number of ether oxygens (including phenoxy) is 1. The molecule has 0 amide bonds. The van der Waals surface area contributed by atoms with Gasteiger partial charge in [0, 0.05) is 10.0 Å². The third-order valence-corrected chi connectivity index (χ3v) is 3.50. The molecule has 0 fully saturated rings. The SMILES string of the molecule is COc1ccc(Br)c(C(C)(C)C)c1C(C)(C)C. The van der Waals surface area contributed by atoms with Gasteiger partial charge < -0.3 is 4.74 Å². The van der Waals surface area contributed by atoms with Crippen LogP contribution in [-0.4, -0.2) is 7.11 Å². The van der Waals surface area contributed by atoms with E-state index in [-0.39, 0.29) is 10.8 Å². The maximum atomic E-state index is 5.54. The van der Waals surface area contributed by atoms with Crippen molar-refractivity contribution in [1.82, 2.24) is 0 Å². The van der Waals surface area contributed by atoms with Crippen LogP contribution in [0, 0.1) is 0 Å². The lowest BCUT2D eigenvalue weighted by atomic mass is 9.75. The van der Waals surface area contributed by atoms with Crippen LogP contribution in [-0.2, 0) is 10.8 Å². The average molecular weight is 299 g/mol. The van der Waals surface area contributed by atoms with E-state index in [9.17, 15) is 0 Å². The van der Waals surface area contributed by atoms with Gasteiger partial charge in [0.1, 0.15) is 5.75 Å². The zero-order valence-corrected chi connectivity index (χ0v) is 13.5. The highest BCUT2D eigenvalue weighted by molar-refractivity contribution is 9.10. The van der Waals surface area contributed by atoms with Gasteiger partial charge in [-0.1, -0.05) is 57.5 Å². The van der Waals surface area contributed by atoms with E-state index in [1.165, 1.54) is 11.1 Å². The minimum Gasteiger partial charge on any atom is -0.496 e. The molecule has 1 aromatic carbocycles. The predicted molar refractivity (Wildman–Crippen MR) is 78.1 cm³/mol. The summed E-state index contributed by atoms with van der Waals surface area (Å²) in [5.74, 6) is 0.977. The van der Waals surface area contributed by atoms with Crippen LogP contribution in [0.25, 0.3) is 0 Å². The Bertz CT molecular complexity index is 408. The van der Waals surface area contributed by atoms with E-state index in [0.717, 1.165) is 10.2 Å². The molecule has 0 aliphatic heterocycles. The number of hydrogen-bond acceptors (Lipinski definition) is 1. The van der Waals surface area contributed by atoms with E-state index in [1.807, 2.05) is 6.07 Å². The fraction of sp³-hybridized carbons (Fsp3) is 0.600. The van der Waals surface area contributed by atoms with E-state index < -0.39 is 0 Å². The molecule has 0 saturated carbocycles. The topological polar surface area (TPSA) is 9.23 Å². The molecule has 1 aromatic rings. The minimum absolute atomic E-state index is 0.0672. The van der Waals surface area contributed by atoms with Crippen LogP contribution in [0.5, 0.6) is 5.75 Å². The summed E-state index contributed by atoms with van der Waals surface area (Å²) in [7, 11) is 1.74. The van der Waals surface area contributed by atoms with Crippen molar-refractivity contribution in [3.8, 4) is 5.75 Å².